The highest BCUT2D eigenvalue weighted by molar-refractivity contribution is 6.20. The maximum absolute atomic E-state index is 9.03. The van der Waals surface area contributed by atoms with Crippen LogP contribution in [0.25, 0.3) is 0 Å². The number of carbonyl (C=O) groups excluding carboxylic acids is 1. The maximum Gasteiger partial charge on any atom is 0.114 e. The molecule has 0 bridgehead atoms. The van der Waals surface area contributed by atoms with Crippen LogP contribution in [-0.4, -0.2) is 16.2 Å². The Bertz CT molecular complexity index is 44.0. The van der Waals surface area contributed by atoms with Crippen LogP contribution in [0.1, 0.15) is 0 Å². The minimum Gasteiger partial charge on any atom is -0.234 e. The van der Waals surface area contributed by atoms with Crippen molar-refractivity contribution in [1.29, 1.82) is 0 Å². The van der Waals surface area contributed by atoms with E-state index in [1.807, 2.05) is 0 Å². The molecule has 0 heterocycles. The Morgan fingerprint density at radius 1 is 2.00 bits per heavy atom. The molecule has 0 aromatic carbocycles. The summed E-state index contributed by atoms with van der Waals surface area (Å²) in [4.78, 5) is 9.03. The van der Waals surface area contributed by atoms with Gasteiger partial charge in [0.15, 0.2) is 0 Å². The molecule has 0 aromatic heterocycles. The first-order chi connectivity index (χ1) is 1.91. The highest BCUT2D eigenvalue weighted by Crippen LogP contribution is 1.22. The fourth-order valence-corrected chi connectivity index (χ4v) is 0. The Morgan fingerprint density at radius 3 is 2.25 bits per heavy atom. The second kappa shape index (κ2) is 2.67. The molecule has 0 amide bonds. The highest BCUT2D eigenvalue weighted by Gasteiger charge is 1.32. The lowest BCUT2D eigenvalue weighted by atomic mass is 11.2. The van der Waals surface area contributed by atoms with Gasteiger partial charge in [-0.05, 0) is 5.70 Å². The molecule has 0 unspecified atom stereocenters. The van der Waals surface area contributed by atoms with Gasteiger partial charge in [-0.15, -0.1) is 0 Å². The van der Waals surface area contributed by atoms with E-state index in [-0.39, 0.29) is 0 Å². The molecule has 1 nitrogen and oxygen atoms in total. The van der Waals surface area contributed by atoms with Gasteiger partial charge in [0.05, 0.1) is 0 Å². The van der Waals surface area contributed by atoms with E-state index in [1.165, 1.54) is 5.70 Å². The van der Waals surface area contributed by atoms with E-state index in [1.54, 1.807) is 5.94 Å². The van der Waals surface area contributed by atoms with Gasteiger partial charge in [0.1, 0.15) is 5.94 Å². The fraction of sp³-hybridized carbons (Fsp3) is 0. The van der Waals surface area contributed by atoms with Gasteiger partial charge < -0.3 is 0 Å². The Balaban J connectivity index is 3.11. The lowest BCUT2D eigenvalue weighted by Crippen LogP contribution is -1.44. The third-order valence-corrected chi connectivity index (χ3v) is 0.354. The Hall–Kier alpha value is -0.333. The molecule has 0 atom stereocenters. The minimum absolute atomic E-state index is 0.841. The molecule has 0 aliphatic heterocycles. The van der Waals surface area contributed by atoms with Gasteiger partial charge in [-0.25, -0.2) is 4.79 Å². The van der Waals surface area contributed by atoms with Crippen molar-refractivity contribution in [2.24, 2.45) is 0 Å². The van der Waals surface area contributed by atoms with Crippen LogP contribution in [0, 0.1) is 0 Å². The zero-order chi connectivity index (χ0) is 3.41. The van der Waals surface area contributed by atoms with Crippen LogP contribution in [-0.2, 0) is 4.79 Å². The first kappa shape index (κ1) is 3.67. The summed E-state index contributed by atoms with van der Waals surface area (Å²) in [6, 6.07) is 0. The van der Waals surface area contributed by atoms with Crippen LogP contribution < -0.4 is 0 Å². The van der Waals surface area contributed by atoms with Gasteiger partial charge in [-0.3, -0.25) is 0 Å². The minimum atomic E-state index is 0.841. The molecule has 0 rings (SSSR count). The number of rotatable bonds is 0. The molecular weight excluding hydrogens is 68.1 g/mol. The van der Waals surface area contributed by atoms with E-state index in [0.717, 1.165) is 10.2 Å². The summed E-state index contributed by atoms with van der Waals surface area (Å²) in [5.74, 6) is 1.62. The van der Waals surface area contributed by atoms with Gasteiger partial charge in [0, 0.05) is 10.2 Å². The molecule has 22 valence electrons. The summed E-state index contributed by atoms with van der Waals surface area (Å²) < 4.78 is 0. The number of hydrogen-bond acceptors (Lipinski definition) is 1. The molecule has 0 saturated heterocycles. The van der Waals surface area contributed by atoms with Crippen LogP contribution in [0.4, 0.5) is 0 Å². The Morgan fingerprint density at radius 2 is 2.25 bits per heavy atom. The van der Waals surface area contributed by atoms with Crippen molar-refractivity contribution < 1.29 is 4.79 Å². The summed E-state index contributed by atoms with van der Waals surface area (Å²) >= 11 is 0. The van der Waals surface area contributed by atoms with Crippen molar-refractivity contribution in [3.8, 4) is 0 Å². The van der Waals surface area contributed by atoms with Crippen LogP contribution in [0.3, 0.4) is 0 Å². The van der Waals surface area contributed by atoms with E-state index >= 15 is 0 Å². The smallest absolute Gasteiger partial charge is 0.114 e. The zero-order valence-corrected chi connectivity index (χ0v) is 4.49. The first-order valence-electron chi connectivity index (χ1n) is 1.07. The zero-order valence-electron chi connectivity index (χ0n) is 2.49. The quantitative estimate of drug-likeness (QED) is 0.257. The summed E-state index contributed by atoms with van der Waals surface area (Å²) in [5, 5.41) is 0. The molecule has 0 radical (unpaired) electrons. The highest BCUT2D eigenvalue weighted by atomic mass is 28.1. The van der Waals surface area contributed by atoms with E-state index in [4.69, 9.17) is 4.79 Å². The molecular formula is C2H4OSi. The van der Waals surface area contributed by atoms with Gasteiger partial charge in [0.2, 0.25) is 0 Å². The van der Waals surface area contributed by atoms with Crippen LogP contribution in [0.2, 0.25) is 0 Å². The standard InChI is InChI=1S/C2H4OSi/c3-1-2-4/h2H,4H3. The lowest BCUT2D eigenvalue weighted by Gasteiger charge is -1.30. The molecule has 4 heavy (non-hydrogen) atoms. The summed E-state index contributed by atoms with van der Waals surface area (Å²) in [6.45, 7) is 0. The van der Waals surface area contributed by atoms with Crippen molar-refractivity contribution in [1.82, 2.24) is 0 Å². The predicted molar refractivity (Wildman–Crippen MR) is 20.2 cm³/mol. The molecule has 2 heteroatoms. The van der Waals surface area contributed by atoms with Crippen molar-refractivity contribution in [3.63, 3.8) is 0 Å². The summed E-state index contributed by atoms with van der Waals surface area (Å²) in [5.41, 5.74) is 1.46. The molecule has 0 saturated carbocycles. The third kappa shape index (κ3) is 1.67. The molecule has 0 aliphatic rings. The van der Waals surface area contributed by atoms with E-state index in [2.05, 4.69) is 0 Å². The molecule has 0 aliphatic carbocycles. The van der Waals surface area contributed by atoms with Crippen LogP contribution in [0.15, 0.2) is 5.70 Å². The van der Waals surface area contributed by atoms with Crippen molar-refractivity contribution >= 4 is 16.2 Å². The molecule has 0 aromatic rings. The fourth-order valence-electron chi connectivity index (χ4n) is 0. The molecule has 0 spiro atoms. The summed E-state index contributed by atoms with van der Waals surface area (Å²) in [7, 11) is 0.841. The number of hydrogen-bond donors (Lipinski definition) is 0. The van der Waals surface area contributed by atoms with Crippen molar-refractivity contribution in [3.05, 3.63) is 5.70 Å². The van der Waals surface area contributed by atoms with Crippen molar-refractivity contribution in [2.45, 2.75) is 0 Å². The van der Waals surface area contributed by atoms with Gasteiger partial charge in [-0.2, -0.15) is 0 Å². The van der Waals surface area contributed by atoms with Gasteiger partial charge >= 0.3 is 0 Å². The van der Waals surface area contributed by atoms with Crippen LogP contribution >= 0.6 is 0 Å². The third-order valence-electron chi connectivity index (χ3n) is 0.118. The second-order valence-corrected chi connectivity index (χ2v) is 0.984. The Kier molecular flexibility index (Phi) is 2.44. The second-order valence-electron chi connectivity index (χ2n) is 0.407. The molecule has 0 fully saturated rings. The maximum atomic E-state index is 9.03. The topological polar surface area (TPSA) is 17.1 Å². The van der Waals surface area contributed by atoms with Crippen molar-refractivity contribution in [2.75, 3.05) is 0 Å². The van der Waals surface area contributed by atoms with Crippen LogP contribution in [0.5, 0.6) is 0 Å². The normalized spacial score (nSPS) is 5.00. The van der Waals surface area contributed by atoms with Gasteiger partial charge in [-0.1, -0.05) is 0 Å². The van der Waals surface area contributed by atoms with E-state index in [9.17, 15) is 0 Å². The predicted octanol–water partition coefficient (Wildman–Crippen LogP) is -1.30. The average molecular weight is 72.1 g/mol. The SMILES string of the molecule is O=C=C[SiH3]. The Labute approximate surface area is 27.7 Å². The monoisotopic (exact) mass is 72.0 g/mol. The largest absolute Gasteiger partial charge is 0.234 e. The molecule has 0 N–H and O–H groups in total. The summed E-state index contributed by atoms with van der Waals surface area (Å²) in [6.07, 6.45) is 0. The van der Waals surface area contributed by atoms with E-state index < -0.39 is 0 Å². The van der Waals surface area contributed by atoms with Gasteiger partial charge in [0.25, 0.3) is 0 Å². The first-order valence-corrected chi connectivity index (χ1v) is 2.22. The average Bonchev–Trinajstić information content (AvgIpc) is 1.37. The van der Waals surface area contributed by atoms with E-state index in [0.29, 0.717) is 0 Å². The lowest BCUT2D eigenvalue weighted by molar-refractivity contribution is 0.569.